The van der Waals surface area contributed by atoms with E-state index in [0.717, 1.165) is 25.1 Å². The predicted molar refractivity (Wildman–Crippen MR) is 62.2 cm³/mol. The van der Waals surface area contributed by atoms with Gasteiger partial charge in [-0.2, -0.15) is 0 Å². The number of allylic oxidation sites excluding steroid dienone is 1. The molecule has 84 valence electrons. The van der Waals surface area contributed by atoms with Crippen molar-refractivity contribution in [3.8, 4) is 0 Å². The third-order valence-electron chi connectivity index (χ3n) is 2.13. The number of nitrogens with two attached hydrogens (primary N) is 2. The number of nitrogens with zero attached hydrogens (tertiary/aromatic N) is 1. The monoisotopic (exact) mass is 199 g/mol. The smallest absolute Gasteiger partial charge is 0.0342 e. The van der Waals surface area contributed by atoms with Crippen LogP contribution in [-0.2, 0) is 0 Å². The first-order valence-corrected chi connectivity index (χ1v) is 5.68. The van der Waals surface area contributed by atoms with Crippen LogP contribution in [0.25, 0.3) is 0 Å². The van der Waals surface area contributed by atoms with Gasteiger partial charge in [0.2, 0.25) is 0 Å². The Morgan fingerprint density at radius 1 is 1.14 bits per heavy atom. The zero-order valence-electron chi connectivity index (χ0n) is 9.63. The van der Waals surface area contributed by atoms with Crippen LogP contribution in [0.4, 0.5) is 0 Å². The van der Waals surface area contributed by atoms with Crippen molar-refractivity contribution >= 4 is 0 Å². The van der Waals surface area contributed by atoms with E-state index in [1.165, 1.54) is 25.7 Å². The molecule has 3 nitrogen and oxygen atoms in total. The Morgan fingerprint density at radius 3 is 2.43 bits per heavy atom. The summed E-state index contributed by atoms with van der Waals surface area (Å²) in [6.45, 7) is 5.18. The summed E-state index contributed by atoms with van der Waals surface area (Å²) >= 11 is 0. The fourth-order valence-electron chi connectivity index (χ4n) is 1.36. The Balaban J connectivity index is 3.55. The first-order valence-electron chi connectivity index (χ1n) is 5.68. The van der Waals surface area contributed by atoms with E-state index in [2.05, 4.69) is 13.8 Å². The number of hydrogen-bond acceptors (Lipinski definition) is 3. The molecule has 0 rings (SSSR count). The average molecular weight is 199 g/mol. The summed E-state index contributed by atoms with van der Waals surface area (Å²) in [5, 5.41) is 1.68. The highest BCUT2D eigenvalue weighted by molar-refractivity contribution is 4.94. The maximum Gasteiger partial charge on any atom is 0.0342 e. The molecule has 0 aliphatic carbocycles. The molecule has 0 atom stereocenters. The molecule has 3 heteroatoms. The van der Waals surface area contributed by atoms with Gasteiger partial charge in [-0.25, -0.2) is 5.84 Å². The molecule has 0 saturated carbocycles. The second kappa shape index (κ2) is 8.88. The quantitative estimate of drug-likeness (QED) is 0.358. The van der Waals surface area contributed by atoms with Crippen molar-refractivity contribution in [2.24, 2.45) is 11.6 Å². The van der Waals surface area contributed by atoms with Crippen LogP contribution in [-0.4, -0.2) is 11.6 Å². The maximum atomic E-state index is 5.83. The van der Waals surface area contributed by atoms with E-state index >= 15 is 0 Å². The fraction of sp³-hybridized carbons (Fsp3) is 0.818. The molecular formula is C11H25N3. The minimum Gasteiger partial charge on any atom is -0.401 e. The molecule has 0 unspecified atom stereocenters. The molecule has 0 heterocycles. The van der Waals surface area contributed by atoms with Gasteiger partial charge in [-0.05, 0) is 19.3 Å². The summed E-state index contributed by atoms with van der Waals surface area (Å²) in [6.07, 6.45) is 8.89. The average Bonchev–Trinajstić information content (AvgIpc) is 2.13. The van der Waals surface area contributed by atoms with Gasteiger partial charge in [0.05, 0.1) is 0 Å². The molecule has 0 aromatic heterocycles. The van der Waals surface area contributed by atoms with Crippen LogP contribution < -0.4 is 11.6 Å². The highest BCUT2D eigenvalue weighted by Gasteiger charge is 1.94. The molecule has 4 N–H and O–H groups in total. The third kappa shape index (κ3) is 7.92. The van der Waals surface area contributed by atoms with Gasteiger partial charge in [0, 0.05) is 18.4 Å². The molecular weight excluding hydrogens is 174 g/mol. The van der Waals surface area contributed by atoms with Crippen LogP contribution in [0.3, 0.4) is 0 Å². The zero-order valence-corrected chi connectivity index (χ0v) is 9.63. The summed E-state index contributed by atoms with van der Waals surface area (Å²) in [6, 6.07) is 0. The first kappa shape index (κ1) is 13.3. The van der Waals surface area contributed by atoms with Crippen molar-refractivity contribution in [3.63, 3.8) is 0 Å². The topological polar surface area (TPSA) is 55.3 Å². The van der Waals surface area contributed by atoms with Crippen LogP contribution >= 0.6 is 0 Å². The molecule has 0 bridgehead atoms. The van der Waals surface area contributed by atoms with E-state index in [9.17, 15) is 0 Å². The molecule has 0 aliphatic heterocycles. The van der Waals surface area contributed by atoms with Gasteiger partial charge in [0.25, 0.3) is 0 Å². The third-order valence-corrected chi connectivity index (χ3v) is 2.13. The maximum absolute atomic E-state index is 5.83. The Bertz CT molecular complexity index is 155. The number of rotatable bonds is 8. The van der Waals surface area contributed by atoms with E-state index in [-0.39, 0.29) is 0 Å². The van der Waals surface area contributed by atoms with Crippen LogP contribution in [0.2, 0.25) is 0 Å². The van der Waals surface area contributed by atoms with Crippen LogP contribution in [0, 0.1) is 0 Å². The van der Waals surface area contributed by atoms with Crippen molar-refractivity contribution in [1.29, 1.82) is 0 Å². The highest BCUT2D eigenvalue weighted by atomic mass is 15.4. The van der Waals surface area contributed by atoms with Gasteiger partial charge < -0.3 is 10.7 Å². The van der Waals surface area contributed by atoms with Crippen molar-refractivity contribution in [2.75, 3.05) is 6.54 Å². The Morgan fingerprint density at radius 2 is 1.86 bits per heavy atom. The molecule has 0 aromatic carbocycles. The molecule has 0 aliphatic rings. The number of hydrogen-bond donors (Lipinski definition) is 2. The van der Waals surface area contributed by atoms with Gasteiger partial charge in [-0.3, -0.25) is 0 Å². The lowest BCUT2D eigenvalue weighted by atomic mass is 10.1. The van der Waals surface area contributed by atoms with Gasteiger partial charge in [-0.1, -0.05) is 33.1 Å². The molecule has 14 heavy (non-hydrogen) atoms. The second-order valence-corrected chi connectivity index (χ2v) is 3.75. The normalized spacial score (nSPS) is 11.8. The largest absolute Gasteiger partial charge is 0.401 e. The van der Waals surface area contributed by atoms with Crippen molar-refractivity contribution in [1.82, 2.24) is 5.01 Å². The van der Waals surface area contributed by atoms with Crippen molar-refractivity contribution < 1.29 is 0 Å². The molecule has 0 radical (unpaired) electrons. The SMILES string of the molecule is CCCCCC/C(N)=C/N(N)CCC. The predicted octanol–water partition coefficient (Wildman–Crippen LogP) is 2.34. The van der Waals surface area contributed by atoms with Gasteiger partial charge in [-0.15, -0.1) is 0 Å². The minimum absolute atomic E-state index is 0.871. The molecule has 0 spiro atoms. The van der Waals surface area contributed by atoms with E-state index in [0.29, 0.717) is 0 Å². The first-order chi connectivity index (χ1) is 6.70. The molecule has 0 saturated heterocycles. The Hall–Kier alpha value is -0.700. The van der Waals surface area contributed by atoms with Gasteiger partial charge in [0.15, 0.2) is 0 Å². The summed E-state index contributed by atoms with van der Waals surface area (Å²) in [5.41, 5.74) is 6.73. The van der Waals surface area contributed by atoms with E-state index < -0.39 is 0 Å². The lowest BCUT2D eigenvalue weighted by molar-refractivity contribution is 0.388. The van der Waals surface area contributed by atoms with Gasteiger partial charge >= 0.3 is 0 Å². The van der Waals surface area contributed by atoms with E-state index in [1.54, 1.807) is 5.01 Å². The summed E-state index contributed by atoms with van der Waals surface area (Å²) in [5.74, 6) is 5.69. The molecule has 0 fully saturated rings. The summed E-state index contributed by atoms with van der Waals surface area (Å²) in [7, 11) is 0. The highest BCUT2D eigenvalue weighted by Crippen LogP contribution is 2.06. The minimum atomic E-state index is 0.871. The summed E-state index contributed by atoms with van der Waals surface area (Å²) < 4.78 is 0. The lowest BCUT2D eigenvalue weighted by Crippen LogP contribution is -2.27. The van der Waals surface area contributed by atoms with Crippen molar-refractivity contribution in [3.05, 3.63) is 11.9 Å². The number of hydrazine groups is 1. The van der Waals surface area contributed by atoms with Gasteiger partial charge in [0.1, 0.15) is 0 Å². The van der Waals surface area contributed by atoms with Crippen LogP contribution in [0.15, 0.2) is 11.9 Å². The standard InChI is InChI=1S/C11H25N3/c1-3-5-6-7-8-11(12)10-14(13)9-4-2/h10H,3-9,12-13H2,1-2H3/b11-10-. The lowest BCUT2D eigenvalue weighted by Gasteiger charge is -2.13. The van der Waals surface area contributed by atoms with Crippen LogP contribution in [0.1, 0.15) is 52.4 Å². The molecule has 0 aromatic rings. The van der Waals surface area contributed by atoms with E-state index in [4.69, 9.17) is 11.6 Å². The van der Waals surface area contributed by atoms with E-state index in [1.807, 2.05) is 6.20 Å². The zero-order chi connectivity index (χ0) is 10.8. The Labute approximate surface area is 88.1 Å². The fourth-order valence-corrected chi connectivity index (χ4v) is 1.36. The van der Waals surface area contributed by atoms with Crippen molar-refractivity contribution in [2.45, 2.75) is 52.4 Å². The Kier molecular flexibility index (Phi) is 8.43. The second-order valence-electron chi connectivity index (χ2n) is 3.75. The molecule has 0 amide bonds. The summed E-state index contributed by atoms with van der Waals surface area (Å²) in [4.78, 5) is 0. The van der Waals surface area contributed by atoms with Crippen LogP contribution in [0.5, 0.6) is 0 Å². The number of unbranched alkanes of at least 4 members (excludes halogenated alkanes) is 3.